The fourth-order valence-electron chi connectivity index (χ4n) is 7.28. The van der Waals surface area contributed by atoms with Crippen LogP contribution in [0.1, 0.15) is 52.7 Å². The Morgan fingerprint density at radius 3 is 1.20 bits per heavy atom. The largest absolute Gasteiger partial charge is 0.345 e. The molecule has 6 aromatic rings. The van der Waals surface area contributed by atoms with Gasteiger partial charge in [-0.15, -0.1) is 22.7 Å². The first-order chi connectivity index (χ1) is 30.1. The van der Waals surface area contributed by atoms with E-state index in [4.69, 9.17) is 28.2 Å². The van der Waals surface area contributed by atoms with Gasteiger partial charge >= 0.3 is 0 Å². The van der Waals surface area contributed by atoms with Gasteiger partial charge in [-0.1, -0.05) is 89.0 Å². The van der Waals surface area contributed by atoms with Gasteiger partial charge < -0.3 is 9.80 Å². The van der Waals surface area contributed by atoms with Gasteiger partial charge in [0.25, 0.3) is 0 Å². The van der Waals surface area contributed by atoms with E-state index in [1.54, 1.807) is 40.0 Å². The molecule has 0 N–H and O–H groups in total. The van der Waals surface area contributed by atoms with Crippen molar-refractivity contribution in [2.75, 3.05) is 62.2 Å². The smallest absolute Gasteiger partial charge is 0.243 e. The lowest BCUT2D eigenvalue weighted by Gasteiger charge is -2.33. The first-order valence-corrected chi connectivity index (χ1v) is 26.0. The second-order valence-electron chi connectivity index (χ2n) is 17.7. The van der Waals surface area contributed by atoms with Crippen molar-refractivity contribution in [3.63, 3.8) is 0 Å². The molecule has 2 aliphatic rings. The molecule has 0 atom stereocenters. The quantitative estimate of drug-likeness (QED) is 0.148. The van der Waals surface area contributed by atoms with E-state index in [-0.39, 0.29) is 10.8 Å². The van der Waals surface area contributed by atoms with Gasteiger partial charge in [-0.05, 0) is 76.6 Å². The molecule has 2 aliphatic heterocycles. The number of hydrogen-bond donors (Lipinski definition) is 0. The van der Waals surface area contributed by atoms with Gasteiger partial charge in [0.2, 0.25) is 20.0 Å². The van der Waals surface area contributed by atoms with Crippen LogP contribution in [0.2, 0.25) is 10.0 Å². The van der Waals surface area contributed by atoms with Gasteiger partial charge in [0.15, 0.2) is 10.3 Å². The Morgan fingerprint density at radius 1 is 0.516 bits per heavy atom. The Labute approximate surface area is 393 Å². The average Bonchev–Trinajstić information content (AvgIpc) is 3.95. The summed E-state index contributed by atoms with van der Waals surface area (Å²) in [5, 5.41) is 6.42. The Kier molecular flexibility index (Phi) is 14.3. The van der Waals surface area contributed by atoms with Gasteiger partial charge in [0, 0.05) is 90.4 Å². The van der Waals surface area contributed by atoms with Crippen molar-refractivity contribution in [2.45, 2.75) is 62.2 Å². The third kappa shape index (κ3) is 11.2. The van der Waals surface area contributed by atoms with Crippen molar-refractivity contribution in [3.05, 3.63) is 128 Å². The van der Waals surface area contributed by atoms with Crippen LogP contribution in [0.3, 0.4) is 0 Å². The van der Waals surface area contributed by atoms with Gasteiger partial charge in [0.05, 0.1) is 21.2 Å². The molecule has 18 heteroatoms. The minimum Gasteiger partial charge on any atom is -0.345 e. The predicted molar refractivity (Wildman–Crippen MR) is 257 cm³/mol. The van der Waals surface area contributed by atoms with E-state index in [1.807, 2.05) is 46.7 Å². The first-order valence-electron chi connectivity index (χ1n) is 20.6. The summed E-state index contributed by atoms with van der Waals surface area (Å²) in [7, 11) is -7.09. The van der Waals surface area contributed by atoms with Crippen molar-refractivity contribution in [1.82, 2.24) is 18.6 Å². The standard InChI is InChI=1S/C23H25Cl2N3O2S2.C23H25F2N3O2S2/c2*1-23(2,3)17-4-6-20(7-5-17)32(29,30)28-10-8-27(9-11-28)22-26-21(15-31-22)16-12-18(24)14-19(25)13-16/h2*4-7,12-15H,8-11H2,1-3H3. The third-order valence-corrected chi connectivity index (χ3v) is 17.1. The SMILES string of the molecule is CC(C)(C)c1ccc(S(=O)(=O)N2CCN(c3nc(-c4cc(Cl)cc(Cl)c4)cs3)CC2)cc1.CC(C)(C)c1ccc(S(=O)(=O)N2CCN(c3nc(-c4cc(F)cc(F)c4)cs3)CC2)cc1. The molecule has 8 rings (SSSR count). The van der Waals surface area contributed by atoms with E-state index < -0.39 is 31.7 Å². The van der Waals surface area contributed by atoms with Crippen LogP contribution < -0.4 is 9.80 Å². The summed E-state index contributed by atoms with van der Waals surface area (Å²) >= 11 is 15.1. The van der Waals surface area contributed by atoms with E-state index in [0.717, 1.165) is 33.6 Å². The van der Waals surface area contributed by atoms with Crippen molar-refractivity contribution in [2.24, 2.45) is 0 Å². The molecule has 340 valence electrons. The Balaban J connectivity index is 0.000000191. The fraction of sp³-hybridized carbons (Fsp3) is 0.348. The number of halogens is 4. The molecular formula is C46H50Cl2F2N6O4S4. The van der Waals surface area contributed by atoms with Crippen molar-refractivity contribution in [1.29, 1.82) is 0 Å². The molecule has 4 aromatic carbocycles. The second-order valence-corrected chi connectivity index (χ2v) is 24.1. The maximum absolute atomic E-state index is 13.5. The molecule has 2 fully saturated rings. The van der Waals surface area contributed by atoms with E-state index in [2.05, 4.69) is 51.4 Å². The Morgan fingerprint density at radius 2 is 0.859 bits per heavy atom. The number of nitrogens with zero attached hydrogens (tertiary/aromatic N) is 6. The summed E-state index contributed by atoms with van der Waals surface area (Å²) in [5.41, 5.74) is 4.69. The maximum Gasteiger partial charge on any atom is 0.243 e. The maximum atomic E-state index is 13.5. The lowest BCUT2D eigenvalue weighted by molar-refractivity contribution is 0.384. The molecular weight excluding hydrogens is 938 g/mol. The number of piperazine rings is 2. The molecule has 0 saturated carbocycles. The number of rotatable bonds is 8. The van der Waals surface area contributed by atoms with Crippen LogP contribution in [0.15, 0.2) is 105 Å². The van der Waals surface area contributed by atoms with Gasteiger partial charge in [0.1, 0.15) is 11.6 Å². The van der Waals surface area contributed by atoms with Crippen LogP contribution in [-0.2, 0) is 30.9 Å². The fourth-order valence-corrected chi connectivity index (χ4v) is 12.4. The molecule has 2 saturated heterocycles. The van der Waals surface area contributed by atoms with Gasteiger partial charge in [-0.3, -0.25) is 0 Å². The highest BCUT2D eigenvalue weighted by Gasteiger charge is 2.31. The molecule has 0 radical (unpaired) electrons. The van der Waals surface area contributed by atoms with E-state index in [1.165, 1.54) is 39.1 Å². The molecule has 0 amide bonds. The Bertz CT molecular complexity index is 2580. The van der Waals surface area contributed by atoms with Crippen LogP contribution in [0.25, 0.3) is 22.5 Å². The molecule has 0 unspecified atom stereocenters. The number of benzene rings is 4. The van der Waals surface area contributed by atoms with Gasteiger partial charge in [-0.2, -0.15) is 8.61 Å². The lowest BCUT2D eigenvalue weighted by Crippen LogP contribution is -2.48. The summed E-state index contributed by atoms with van der Waals surface area (Å²) < 4.78 is 82.4. The van der Waals surface area contributed by atoms with Gasteiger partial charge in [-0.25, -0.2) is 35.6 Å². The topological polar surface area (TPSA) is 107 Å². The zero-order valence-electron chi connectivity index (χ0n) is 36.4. The van der Waals surface area contributed by atoms with Crippen LogP contribution in [0, 0.1) is 11.6 Å². The average molecular weight is 988 g/mol. The summed E-state index contributed by atoms with van der Waals surface area (Å²) in [6, 6.07) is 23.0. The Hall–Kier alpha value is -4.00. The first kappa shape index (κ1) is 47.9. The highest BCUT2D eigenvalue weighted by Crippen LogP contribution is 2.34. The number of hydrogen-bond acceptors (Lipinski definition) is 10. The summed E-state index contributed by atoms with van der Waals surface area (Å²) in [5.74, 6) is -1.30. The lowest BCUT2D eigenvalue weighted by atomic mass is 9.87. The predicted octanol–water partition coefficient (Wildman–Crippen LogP) is 10.8. The van der Waals surface area contributed by atoms with E-state index in [0.29, 0.717) is 88.6 Å². The normalized spacial score (nSPS) is 15.8. The summed E-state index contributed by atoms with van der Waals surface area (Å²) in [6.07, 6.45) is 0. The number of aromatic nitrogens is 2. The molecule has 64 heavy (non-hydrogen) atoms. The monoisotopic (exact) mass is 986 g/mol. The van der Waals surface area contributed by atoms with E-state index >= 15 is 0 Å². The second kappa shape index (κ2) is 19.1. The minimum atomic E-state index is -3.57. The zero-order valence-corrected chi connectivity index (χ0v) is 41.1. The zero-order chi connectivity index (χ0) is 46.2. The van der Waals surface area contributed by atoms with Crippen LogP contribution in [0.5, 0.6) is 0 Å². The molecule has 0 spiro atoms. The van der Waals surface area contributed by atoms with Crippen LogP contribution >= 0.6 is 45.9 Å². The van der Waals surface area contributed by atoms with Crippen molar-refractivity contribution in [3.8, 4) is 22.5 Å². The summed E-state index contributed by atoms with van der Waals surface area (Å²) in [6.45, 7) is 16.3. The number of thiazole rings is 2. The van der Waals surface area contributed by atoms with Crippen molar-refractivity contribution < 1.29 is 25.6 Å². The molecule has 0 bridgehead atoms. The molecule has 2 aromatic heterocycles. The molecule has 4 heterocycles. The highest BCUT2D eigenvalue weighted by molar-refractivity contribution is 7.89. The van der Waals surface area contributed by atoms with E-state index in [9.17, 15) is 25.6 Å². The van der Waals surface area contributed by atoms with Crippen LogP contribution in [-0.4, -0.2) is 87.8 Å². The number of anilines is 2. The van der Waals surface area contributed by atoms with Crippen LogP contribution in [0.4, 0.5) is 19.0 Å². The summed E-state index contributed by atoms with van der Waals surface area (Å²) in [4.78, 5) is 14.0. The minimum absolute atomic E-state index is 0.0170. The molecule has 0 aliphatic carbocycles. The highest BCUT2D eigenvalue weighted by atomic mass is 35.5. The third-order valence-electron chi connectivity index (χ3n) is 11.0. The number of sulfonamides is 2. The molecule has 10 nitrogen and oxygen atoms in total. The van der Waals surface area contributed by atoms with Crippen molar-refractivity contribution >= 4 is 76.2 Å².